The van der Waals surface area contributed by atoms with E-state index in [-0.39, 0.29) is 6.61 Å². The van der Waals surface area contributed by atoms with Crippen molar-refractivity contribution >= 4 is 39.6 Å². The number of fused-ring (bicyclic) bond motifs is 1. The van der Waals surface area contributed by atoms with Gasteiger partial charge in [0, 0.05) is 4.88 Å². The van der Waals surface area contributed by atoms with E-state index in [9.17, 15) is 9.59 Å². The predicted molar refractivity (Wildman–Crippen MR) is 98.1 cm³/mol. The molecule has 1 N–H and O–H groups in total. The van der Waals surface area contributed by atoms with E-state index in [0.717, 1.165) is 19.3 Å². The van der Waals surface area contributed by atoms with Crippen LogP contribution in [-0.4, -0.2) is 18.5 Å². The maximum Gasteiger partial charge on any atom is 0.348 e. The van der Waals surface area contributed by atoms with Crippen molar-refractivity contribution in [3.63, 3.8) is 0 Å². The molecule has 0 radical (unpaired) electrons. The molecule has 0 unspecified atom stereocenters. The lowest BCUT2D eigenvalue weighted by Gasteiger charge is -2.19. The largest absolute Gasteiger partial charge is 0.451 e. The van der Waals surface area contributed by atoms with Crippen LogP contribution in [-0.2, 0) is 22.4 Å². The molecule has 1 aliphatic carbocycles. The number of carbonyl (C=O) groups excluding carboxylic acids is 2. The van der Waals surface area contributed by atoms with Gasteiger partial charge in [-0.15, -0.1) is 22.7 Å². The summed E-state index contributed by atoms with van der Waals surface area (Å²) >= 11 is 2.73. The number of nitrogens with one attached hydrogen (secondary N) is 1. The van der Waals surface area contributed by atoms with E-state index in [1.54, 1.807) is 11.4 Å². The summed E-state index contributed by atoms with van der Waals surface area (Å²) in [5.41, 5.74) is 1.65. The van der Waals surface area contributed by atoms with Gasteiger partial charge in [-0.05, 0) is 48.3 Å². The van der Waals surface area contributed by atoms with Gasteiger partial charge in [0.15, 0.2) is 6.61 Å². The Balaban J connectivity index is 1.55. The summed E-state index contributed by atoms with van der Waals surface area (Å²) in [5.74, 6) is -0.217. The van der Waals surface area contributed by atoms with Gasteiger partial charge in [-0.3, -0.25) is 4.79 Å². The van der Waals surface area contributed by atoms with Crippen LogP contribution in [0.4, 0.5) is 5.00 Å². The van der Waals surface area contributed by atoms with Crippen molar-refractivity contribution in [1.29, 1.82) is 5.26 Å². The minimum atomic E-state index is -0.464. The molecule has 25 heavy (non-hydrogen) atoms. The highest BCUT2D eigenvalue weighted by Crippen LogP contribution is 2.33. The van der Waals surface area contributed by atoms with Gasteiger partial charge < -0.3 is 10.1 Å². The van der Waals surface area contributed by atoms with Crippen LogP contribution >= 0.6 is 22.7 Å². The van der Waals surface area contributed by atoms with Crippen LogP contribution in [0.2, 0.25) is 0 Å². The van der Waals surface area contributed by atoms with Gasteiger partial charge in [0.1, 0.15) is 15.9 Å². The minimum absolute atomic E-state index is 0.359. The number of esters is 1. The zero-order chi connectivity index (χ0) is 17.8. The molecule has 3 rings (SSSR count). The SMILES string of the molecule is CC[C@H]1CCc2sc(C(=O)OCC(=O)Nc3sccc3C#N)cc2C1. The summed E-state index contributed by atoms with van der Waals surface area (Å²) in [7, 11) is 0. The molecule has 0 aliphatic heterocycles. The number of hydrogen-bond donors (Lipinski definition) is 1. The summed E-state index contributed by atoms with van der Waals surface area (Å²) < 4.78 is 5.12. The van der Waals surface area contributed by atoms with Gasteiger partial charge in [-0.25, -0.2) is 4.79 Å². The van der Waals surface area contributed by atoms with E-state index in [1.807, 2.05) is 12.1 Å². The fraction of sp³-hybridized carbons (Fsp3) is 0.389. The number of nitrogens with zero attached hydrogens (tertiary/aromatic N) is 1. The first-order valence-corrected chi connectivity index (χ1v) is 9.86. The Morgan fingerprint density at radius 3 is 3.08 bits per heavy atom. The van der Waals surface area contributed by atoms with Gasteiger partial charge in [-0.1, -0.05) is 13.3 Å². The summed E-state index contributed by atoms with van der Waals surface area (Å²) in [6.07, 6.45) is 4.36. The first-order chi connectivity index (χ1) is 12.1. The fourth-order valence-electron chi connectivity index (χ4n) is 2.91. The third-order valence-corrected chi connectivity index (χ3v) is 6.38. The van der Waals surface area contributed by atoms with Gasteiger partial charge in [-0.2, -0.15) is 5.26 Å². The quantitative estimate of drug-likeness (QED) is 0.803. The second-order valence-corrected chi connectivity index (χ2v) is 8.03. The number of ether oxygens (including phenoxy) is 1. The molecule has 130 valence electrons. The maximum atomic E-state index is 12.2. The summed E-state index contributed by atoms with van der Waals surface area (Å²) in [5, 5.41) is 13.7. The molecule has 0 spiro atoms. The number of hydrogen-bond acceptors (Lipinski definition) is 6. The number of aryl methyl sites for hydroxylation is 1. The van der Waals surface area contributed by atoms with Gasteiger partial charge >= 0.3 is 5.97 Å². The molecular weight excluding hydrogens is 356 g/mol. The van der Waals surface area contributed by atoms with Crippen molar-refractivity contribution in [2.45, 2.75) is 32.6 Å². The third-order valence-electron chi connectivity index (χ3n) is 4.34. The normalized spacial score (nSPS) is 15.9. The van der Waals surface area contributed by atoms with E-state index in [0.29, 0.717) is 21.4 Å². The molecular formula is C18H18N2O3S2. The van der Waals surface area contributed by atoms with E-state index in [4.69, 9.17) is 10.00 Å². The van der Waals surface area contributed by atoms with Crippen LogP contribution in [0.15, 0.2) is 17.5 Å². The van der Waals surface area contributed by atoms with Gasteiger partial charge in [0.2, 0.25) is 0 Å². The monoisotopic (exact) mass is 374 g/mol. The Hall–Kier alpha value is -2.17. The zero-order valence-electron chi connectivity index (χ0n) is 13.8. The Morgan fingerprint density at radius 1 is 1.48 bits per heavy atom. The van der Waals surface area contributed by atoms with Crippen molar-refractivity contribution in [2.24, 2.45) is 5.92 Å². The molecule has 7 heteroatoms. The van der Waals surface area contributed by atoms with E-state index >= 15 is 0 Å². The lowest BCUT2D eigenvalue weighted by molar-refractivity contribution is -0.119. The number of nitriles is 1. The molecule has 2 heterocycles. The number of thiophene rings is 2. The fourth-order valence-corrected chi connectivity index (χ4v) is 4.76. The van der Waals surface area contributed by atoms with E-state index in [2.05, 4.69) is 12.2 Å². The Kier molecular flexibility index (Phi) is 5.51. The van der Waals surface area contributed by atoms with Crippen LogP contribution in [0.1, 0.15) is 45.4 Å². The standard InChI is InChI=1S/C18H18N2O3S2/c1-2-11-3-4-14-13(7-11)8-15(25-14)18(22)23-10-16(21)20-17-12(9-19)5-6-24-17/h5-6,8,11H,2-4,7,10H2,1H3,(H,20,21)/t11-/m0/s1. The third kappa shape index (κ3) is 4.09. The van der Waals surface area contributed by atoms with Crippen LogP contribution in [0.5, 0.6) is 0 Å². The van der Waals surface area contributed by atoms with Crippen molar-refractivity contribution in [1.82, 2.24) is 0 Å². The van der Waals surface area contributed by atoms with Crippen LogP contribution in [0.25, 0.3) is 0 Å². The number of amides is 1. The van der Waals surface area contributed by atoms with Crippen LogP contribution < -0.4 is 5.32 Å². The number of rotatable bonds is 5. The van der Waals surface area contributed by atoms with Crippen molar-refractivity contribution in [3.8, 4) is 6.07 Å². The lowest BCUT2D eigenvalue weighted by Crippen LogP contribution is -2.20. The molecule has 0 fully saturated rings. The minimum Gasteiger partial charge on any atom is -0.451 e. The first kappa shape index (κ1) is 17.6. The zero-order valence-corrected chi connectivity index (χ0v) is 15.5. The van der Waals surface area contributed by atoms with Crippen LogP contribution in [0, 0.1) is 17.2 Å². The summed E-state index contributed by atoms with van der Waals surface area (Å²) in [6.45, 7) is 1.84. The van der Waals surface area contributed by atoms with Crippen LogP contribution in [0.3, 0.4) is 0 Å². The summed E-state index contributed by atoms with van der Waals surface area (Å²) in [4.78, 5) is 25.9. The van der Waals surface area contributed by atoms with Crippen molar-refractivity contribution in [2.75, 3.05) is 11.9 Å². The molecule has 1 aliphatic rings. The Bertz CT molecular complexity index is 832. The highest BCUT2D eigenvalue weighted by Gasteiger charge is 2.23. The smallest absolute Gasteiger partial charge is 0.348 e. The second kappa shape index (κ2) is 7.81. The second-order valence-electron chi connectivity index (χ2n) is 5.98. The molecule has 0 aromatic carbocycles. The molecule has 0 saturated carbocycles. The molecule has 0 saturated heterocycles. The molecule has 0 bridgehead atoms. The molecule has 1 atom stereocenters. The van der Waals surface area contributed by atoms with Gasteiger partial charge in [0.05, 0.1) is 5.56 Å². The number of carbonyl (C=O) groups is 2. The van der Waals surface area contributed by atoms with E-state index < -0.39 is 11.9 Å². The maximum absolute atomic E-state index is 12.2. The molecule has 2 aromatic heterocycles. The highest BCUT2D eigenvalue weighted by molar-refractivity contribution is 7.14. The average molecular weight is 374 g/mol. The van der Waals surface area contributed by atoms with Crippen molar-refractivity contribution < 1.29 is 14.3 Å². The average Bonchev–Trinajstić information content (AvgIpc) is 3.24. The number of anilines is 1. The van der Waals surface area contributed by atoms with Gasteiger partial charge in [0.25, 0.3) is 5.91 Å². The lowest BCUT2D eigenvalue weighted by atomic mass is 9.87. The predicted octanol–water partition coefficient (Wildman–Crippen LogP) is 3.99. The van der Waals surface area contributed by atoms with Crippen molar-refractivity contribution in [3.05, 3.63) is 38.4 Å². The highest BCUT2D eigenvalue weighted by atomic mass is 32.1. The topological polar surface area (TPSA) is 79.2 Å². The van der Waals surface area contributed by atoms with E-state index in [1.165, 1.54) is 39.5 Å². The molecule has 5 nitrogen and oxygen atoms in total. The first-order valence-electron chi connectivity index (χ1n) is 8.16. The summed E-state index contributed by atoms with van der Waals surface area (Å²) in [6, 6.07) is 5.54. The Morgan fingerprint density at radius 2 is 2.32 bits per heavy atom. The molecule has 1 amide bonds. The Labute approximate surface area is 154 Å². The molecule has 2 aromatic rings.